The zero-order valence-electron chi connectivity index (χ0n) is 22.1. The minimum atomic E-state index is -4.07. The maximum Gasteiger partial charge on any atom is 0.448 e. The lowest BCUT2D eigenvalue weighted by atomic mass is 9.99. The Labute approximate surface area is 265 Å². The second-order valence-corrected chi connectivity index (χ2v) is 14.0. The van der Waals surface area contributed by atoms with Crippen LogP contribution >= 0.6 is 31.9 Å². The summed E-state index contributed by atoms with van der Waals surface area (Å²) >= 11 is 5.47. The van der Waals surface area contributed by atoms with Crippen molar-refractivity contribution in [2.75, 3.05) is 0 Å². The molecule has 0 fully saturated rings. The summed E-state index contributed by atoms with van der Waals surface area (Å²) < 4.78 is 141. The fourth-order valence-electron chi connectivity index (χ4n) is 2.35. The van der Waals surface area contributed by atoms with Gasteiger partial charge in [0.15, 0.2) is 0 Å². The maximum absolute atomic E-state index is 13.1. The minimum Gasteiger partial charge on any atom is -0.427 e. The van der Waals surface area contributed by atoms with Crippen molar-refractivity contribution >= 4 is 69.0 Å². The zero-order valence-corrected chi connectivity index (χ0v) is 27.7. The largest absolute Gasteiger partial charge is 0.448 e. The number of alkyl halides is 1. The highest BCUT2D eigenvalue weighted by atomic mass is 79.9. The number of sulfonamides is 3. The molecule has 0 saturated carbocycles. The van der Waals surface area contributed by atoms with E-state index in [2.05, 4.69) is 42.1 Å². The summed E-state index contributed by atoms with van der Waals surface area (Å²) in [5, 5.41) is 29.3. The normalized spacial score (nSPS) is 11.2. The molecule has 23 heteroatoms. The van der Waals surface area contributed by atoms with E-state index in [-0.39, 0.29) is 16.5 Å². The van der Waals surface area contributed by atoms with Gasteiger partial charge in [0.25, 0.3) is 0 Å². The van der Waals surface area contributed by atoms with Gasteiger partial charge in [-0.2, -0.15) is 0 Å². The molecular formula is C21H22BBr2F6N3O8S3. The molecule has 44 heavy (non-hydrogen) atoms. The molecule has 0 atom stereocenters. The van der Waals surface area contributed by atoms with Crippen molar-refractivity contribution in [2.24, 2.45) is 15.4 Å². The summed E-state index contributed by atoms with van der Waals surface area (Å²) in [7, 11) is -13.3. The number of nitrogens with two attached hydrogens (primary N) is 3. The van der Waals surface area contributed by atoms with Crippen LogP contribution < -0.4 is 15.4 Å². The van der Waals surface area contributed by atoms with Crippen molar-refractivity contribution in [1.82, 2.24) is 0 Å². The van der Waals surface area contributed by atoms with Gasteiger partial charge in [-0.05, 0) is 66.1 Å². The van der Waals surface area contributed by atoms with Crippen LogP contribution in [0.5, 0.6) is 0 Å². The lowest BCUT2D eigenvalue weighted by Crippen LogP contribution is -2.13. The van der Waals surface area contributed by atoms with E-state index in [0.717, 1.165) is 0 Å². The van der Waals surface area contributed by atoms with E-state index in [1.807, 2.05) is 0 Å². The second kappa shape index (κ2) is 17.0. The molecule has 0 aromatic heterocycles. The first kappa shape index (κ1) is 41.9. The molecule has 3 rings (SSSR count). The predicted molar refractivity (Wildman–Crippen MR) is 154 cm³/mol. The van der Waals surface area contributed by atoms with Crippen molar-refractivity contribution in [3.63, 3.8) is 0 Å². The van der Waals surface area contributed by atoms with Gasteiger partial charge >= 0.3 is 7.12 Å². The molecule has 0 spiro atoms. The van der Waals surface area contributed by atoms with E-state index in [1.54, 1.807) is 0 Å². The first-order valence-electron chi connectivity index (χ1n) is 10.8. The summed E-state index contributed by atoms with van der Waals surface area (Å²) in [5.74, 6) is -5.75. The van der Waals surface area contributed by atoms with Crippen LogP contribution in [-0.4, -0.2) is 42.4 Å². The monoisotopic (exact) mass is 823 g/mol. The van der Waals surface area contributed by atoms with Crippen LogP contribution in [0.3, 0.4) is 0 Å². The number of primary sulfonamides is 3. The molecule has 0 aliphatic rings. The van der Waals surface area contributed by atoms with Crippen molar-refractivity contribution in [3.05, 3.63) is 86.9 Å². The van der Waals surface area contributed by atoms with Gasteiger partial charge in [0.1, 0.15) is 34.9 Å². The molecule has 246 valence electrons. The quantitative estimate of drug-likeness (QED) is 0.114. The molecule has 11 nitrogen and oxygen atoms in total. The average Bonchev–Trinajstić information content (AvgIpc) is 2.84. The number of rotatable bonds is 4. The smallest absolute Gasteiger partial charge is 0.427 e. The molecule has 0 bridgehead atoms. The van der Waals surface area contributed by atoms with Gasteiger partial charge < -0.3 is 10.0 Å². The van der Waals surface area contributed by atoms with E-state index in [9.17, 15) is 51.6 Å². The Kier molecular flexibility index (Phi) is 16.2. The molecule has 0 unspecified atom stereocenters. The Hall–Kier alpha value is -2.09. The predicted octanol–water partition coefficient (Wildman–Crippen LogP) is 2.89. The molecule has 3 aromatic carbocycles. The number of halogens is 8. The van der Waals surface area contributed by atoms with Crippen LogP contribution in [-0.2, 0) is 35.4 Å². The van der Waals surface area contributed by atoms with Crippen molar-refractivity contribution < 1.29 is 61.6 Å². The lowest BCUT2D eigenvalue weighted by molar-refractivity contribution is 0.417. The number of benzene rings is 3. The summed E-state index contributed by atoms with van der Waals surface area (Å²) in [5.41, 5.74) is -0.454. The molecule has 0 radical (unpaired) electrons. The van der Waals surface area contributed by atoms with Crippen molar-refractivity contribution in [3.8, 4) is 0 Å². The molecule has 3 aromatic rings. The van der Waals surface area contributed by atoms with Crippen LogP contribution in [0.25, 0.3) is 0 Å². The van der Waals surface area contributed by atoms with Gasteiger partial charge in [-0.15, -0.1) is 0 Å². The third-order valence-electron chi connectivity index (χ3n) is 4.45. The van der Waals surface area contributed by atoms with E-state index < -0.39 is 91.3 Å². The Morgan fingerprint density at radius 1 is 0.636 bits per heavy atom. The van der Waals surface area contributed by atoms with Gasteiger partial charge in [0.05, 0.1) is 19.2 Å². The first-order valence-corrected chi connectivity index (χ1v) is 17.4. The van der Waals surface area contributed by atoms with E-state index in [0.29, 0.717) is 36.4 Å². The van der Waals surface area contributed by atoms with E-state index in [1.165, 1.54) is 13.7 Å². The third kappa shape index (κ3) is 13.9. The standard InChI is InChI=1S/C7H6BrF2NO2S.C7H7F2NO2S.C6H4BrF2NO2S.CH5BO2/c8-3-5-6(9)1-4(2-7(5)10)14(11,12)13;1-4-6(8)2-5(3-7(4)9)13(10,11)12;7-6-4(8)1-3(2-5(6)9)13(10,11)12;1-2(3)4/h1-2H,3H2,(H2,11,12,13);2-3H,1H3,(H2,10,11,12);1-2H,(H2,10,11,12);3-4H,1H3. The molecule has 0 saturated heterocycles. The molecule has 8 N–H and O–H groups in total. The minimum absolute atomic E-state index is 0.0322. The van der Waals surface area contributed by atoms with Crippen LogP contribution in [0.1, 0.15) is 11.1 Å². The summed E-state index contributed by atoms with van der Waals surface area (Å²) in [4.78, 5) is -1.73. The topological polar surface area (TPSA) is 221 Å². The Bertz CT molecular complexity index is 1660. The SMILES string of the molecule is CB(O)O.Cc1c(F)cc(S(N)(=O)=O)cc1F.NS(=O)(=O)c1cc(F)c(Br)c(F)c1.NS(=O)(=O)c1cc(F)c(CBr)c(F)c1. The maximum atomic E-state index is 13.1. The van der Waals surface area contributed by atoms with E-state index >= 15 is 0 Å². The number of hydrogen-bond donors (Lipinski definition) is 5. The van der Waals surface area contributed by atoms with Gasteiger partial charge in [-0.1, -0.05) is 15.9 Å². The average molecular weight is 825 g/mol. The van der Waals surface area contributed by atoms with Crippen LogP contribution in [0.15, 0.2) is 55.6 Å². The fourth-order valence-corrected chi connectivity index (χ4v) is 4.73. The third-order valence-corrected chi connectivity index (χ3v) is 8.44. The van der Waals surface area contributed by atoms with Gasteiger partial charge in [-0.25, -0.2) is 67.0 Å². The first-order chi connectivity index (χ1) is 19.7. The van der Waals surface area contributed by atoms with Gasteiger partial charge in [0.2, 0.25) is 30.1 Å². The van der Waals surface area contributed by atoms with Gasteiger partial charge in [0, 0.05) is 16.5 Å². The van der Waals surface area contributed by atoms with Crippen molar-refractivity contribution in [1.29, 1.82) is 0 Å². The van der Waals surface area contributed by atoms with Gasteiger partial charge in [-0.3, -0.25) is 0 Å². The Morgan fingerprint density at radius 3 is 1.09 bits per heavy atom. The molecular weight excluding hydrogens is 803 g/mol. The molecule has 0 aliphatic carbocycles. The van der Waals surface area contributed by atoms with Crippen LogP contribution in [0, 0.1) is 41.8 Å². The summed E-state index contributed by atoms with van der Waals surface area (Å²) in [6.07, 6.45) is 0. The fraction of sp³-hybridized carbons (Fsp3) is 0.143. The summed E-state index contributed by atoms with van der Waals surface area (Å²) in [6.45, 7) is 2.48. The lowest BCUT2D eigenvalue weighted by Gasteiger charge is -2.03. The molecule has 0 heterocycles. The zero-order chi connectivity index (χ0) is 35.0. The molecule has 0 amide bonds. The number of hydrogen-bond acceptors (Lipinski definition) is 8. The van der Waals surface area contributed by atoms with Crippen LogP contribution in [0.4, 0.5) is 26.3 Å². The van der Waals surface area contributed by atoms with Crippen LogP contribution in [0.2, 0.25) is 6.82 Å². The molecule has 0 aliphatic heterocycles. The second-order valence-electron chi connectivity index (χ2n) is 7.98. The van der Waals surface area contributed by atoms with Crippen molar-refractivity contribution in [2.45, 2.75) is 33.8 Å². The highest BCUT2D eigenvalue weighted by Gasteiger charge is 2.17. The van der Waals surface area contributed by atoms with E-state index in [4.69, 9.17) is 15.2 Å². The highest BCUT2D eigenvalue weighted by molar-refractivity contribution is 9.10. The summed E-state index contributed by atoms with van der Waals surface area (Å²) in [6, 6.07) is 4.04. The Balaban J connectivity index is 0.000000594. The Morgan fingerprint density at radius 2 is 0.864 bits per heavy atom. The highest BCUT2D eigenvalue weighted by Crippen LogP contribution is 2.23.